The number of nitro groups is 1. The minimum Gasteiger partial charge on any atom is -0.480 e. The summed E-state index contributed by atoms with van der Waals surface area (Å²) in [5, 5.41) is 23.7. The maximum Gasteiger partial charge on any atom is 0.416 e. The predicted molar refractivity (Wildman–Crippen MR) is 83.7 cm³/mol. The Bertz CT molecular complexity index is 877. The van der Waals surface area contributed by atoms with Crippen molar-refractivity contribution in [1.29, 1.82) is 0 Å². The largest absolute Gasteiger partial charge is 0.480 e. The van der Waals surface area contributed by atoms with Gasteiger partial charge in [-0.1, -0.05) is 12.1 Å². The van der Waals surface area contributed by atoms with Gasteiger partial charge < -0.3 is 10.0 Å². The van der Waals surface area contributed by atoms with Gasteiger partial charge in [-0.25, -0.2) is 0 Å². The van der Waals surface area contributed by atoms with Crippen LogP contribution >= 0.6 is 0 Å². The second-order valence-corrected chi connectivity index (χ2v) is 5.54. The Labute approximate surface area is 149 Å². The Morgan fingerprint density at radius 2 is 1.89 bits per heavy atom. The highest BCUT2D eigenvalue weighted by Crippen LogP contribution is 2.29. The smallest absolute Gasteiger partial charge is 0.416 e. The van der Waals surface area contributed by atoms with Crippen molar-refractivity contribution in [2.75, 3.05) is 6.54 Å². The Balaban J connectivity index is 2.31. The molecule has 0 unspecified atom stereocenters. The first-order chi connectivity index (χ1) is 12.5. The molecule has 1 aromatic heterocycles. The molecule has 0 atom stereocenters. The van der Waals surface area contributed by atoms with Crippen LogP contribution in [-0.4, -0.2) is 43.1 Å². The van der Waals surface area contributed by atoms with Crippen LogP contribution in [-0.2, 0) is 24.6 Å². The monoisotopic (exact) mass is 386 g/mol. The topological polar surface area (TPSA) is 119 Å². The highest BCUT2D eigenvalue weighted by Gasteiger charge is 2.31. The summed E-state index contributed by atoms with van der Waals surface area (Å²) in [6, 6.07) is 3.78. The van der Waals surface area contributed by atoms with Crippen LogP contribution in [0.1, 0.15) is 21.6 Å². The number of benzene rings is 1. The van der Waals surface area contributed by atoms with Crippen LogP contribution in [0.5, 0.6) is 0 Å². The van der Waals surface area contributed by atoms with Crippen molar-refractivity contribution >= 4 is 17.6 Å². The molecule has 144 valence electrons. The van der Waals surface area contributed by atoms with E-state index >= 15 is 0 Å². The zero-order valence-electron chi connectivity index (χ0n) is 13.8. The molecule has 0 fully saturated rings. The summed E-state index contributed by atoms with van der Waals surface area (Å²) in [7, 11) is 1.35. The average Bonchev–Trinajstić information content (AvgIpc) is 2.95. The van der Waals surface area contributed by atoms with Crippen LogP contribution in [0.2, 0.25) is 0 Å². The van der Waals surface area contributed by atoms with Crippen LogP contribution in [0, 0.1) is 10.1 Å². The van der Waals surface area contributed by atoms with E-state index in [-0.39, 0.29) is 12.1 Å². The molecule has 0 aliphatic carbocycles. The minimum absolute atomic E-state index is 0.219. The number of amides is 1. The van der Waals surface area contributed by atoms with Gasteiger partial charge >= 0.3 is 17.8 Å². The summed E-state index contributed by atoms with van der Waals surface area (Å²) in [4.78, 5) is 34.5. The summed E-state index contributed by atoms with van der Waals surface area (Å²) in [5.74, 6) is -2.42. The molecule has 0 radical (unpaired) electrons. The third-order valence-corrected chi connectivity index (χ3v) is 3.48. The first kappa shape index (κ1) is 19.9. The number of carboxylic acids is 1. The molecular weight excluding hydrogens is 373 g/mol. The third kappa shape index (κ3) is 4.80. The summed E-state index contributed by atoms with van der Waals surface area (Å²) < 4.78 is 38.9. The van der Waals surface area contributed by atoms with Crippen LogP contribution in [0.25, 0.3) is 0 Å². The number of carboxylic acid groups (broad SMARTS) is 1. The average molecular weight is 386 g/mol. The number of carbonyl (C=O) groups is 2. The van der Waals surface area contributed by atoms with E-state index in [9.17, 15) is 32.9 Å². The molecule has 1 heterocycles. The normalized spacial score (nSPS) is 11.3. The van der Waals surface area contributed by atoms with Crippen LogP contribution in [0.4, 0.5) is 18.9 Å². The van der Waals surface area contributed by atoms with Gasteiger partial charge in [0.2, 0.25) is 5.69 Å². The van der Waals surface area contributed by atoms with Crippen molar-refractivity contribution in [3.63, 3.8) is 0 Å². The van der Waals surface area contributed by atoms with Crippen molar-refractivity contribution in [2.45, 2.75) is 12.7 Å². The maximum atomic E-state index is 12.6. The van der Waals surface area contributed by atoms with Gasteiger partial charge in [-0.05, 0) is 17.7 Å². The van der Waals surface area contributed by atoms with Crippen LogP contribution in [0.3, 0.4) is 0 Å². The van der Waals surface area contributed by atoms with Gasteiger partial charge in [-0.15, -0.1) is 0 Å². The molecule has 2 rings (SSSR count). The fraction of sp³-hybridized carbons (Fsp3) is 0.267. The molecule has 0 aliphatic rings. The number of halogens is 3. The molecule has 1 amide bonds. The molecule has 0 spiro atoms. The van der Waals surface area contributed by atoms with Crippen molar-refractivity contribution in [3.05, 3.63) is 57.4 Å². The lowest BCUT2D eigenvalue weighted by Gasteiger charge is -2.20. The zero-order valence-corrected chi connectivity index (χ0v) is 13.8. The molecule has 1 N–H and O–H groups in total. The Morgan fingerprint density at radius 1 is 1.30 bits per heavy atom. The Hall–Kier alpha value is -3.44. The molecule has 27 heavy (non-hydrogen) atoms. The molecule has 0 aliphatic heterocycles. The van der Waals surface area contributed by atoms with Gasteiger partial charge in [0.25, 0.3) is 5.91 Å². The second kappa shape index (κ2) is 7.43. The van der Waals surface area contributed by atoms with Crippen LogP contribution < -0.4 is 0 Å². The second-order valence-electron chi connectivity index (χ2n) is 5.54. The number of aliphatic carboxylic acids is 1. The number of aryl methyl sites for hydroxylation is 1. The first-order valence-corrected chi connectivity index (χ1v) is 7.34. The van der Waals surface area contributed by atoms with Gasteiger partial charge in [0.15, 0.2) is 0 Å². The van der Waals surface area contributed by atoms with Crippen molar-refractivity contribution in [2.24, 2.45) is 7.05 Å². The van der Waals surface area contributed by atoms with Crippen molar-refractivity contribution < 1.29 is 32.8 Å². The van der Waals surface area contributed by atoms with Gasteiger partial charge in [-0.2, -0.15) is 18.3 Å². The van der Waals surface area contributed by atoms with Gasteiger partial charge in [0, 0.05) is 13.6 Å². The third-order valence-electron chi connectivity index (χ3n) is 3.48. The highest BCUT2D eigenvalue weighted by molar-refractivity contribution is 5.97. The Kier molecular flexibility index (Phi) is 5.47. The van der Waals surface area contributed by atoms with E-state index in [2.05, 4.69) is 5.10 Å². The van der Waals surface area contributed by atoms with E-state index in [0.717, 1.165) is 40.0 Å². The molecule has 0 bridgehead atoms. The van der Waals surface area contributed by atoms with E-state index < -0.39 is 46.5 Å². The van der Waals surface area contributed by atoms with E-state index in [1.807, 2.05) is 0 Å². The molecule has 2 aromatic rings. The van der Waals surface area contributed by atoms with Gasteiger partial charge in [0.1, 0.15) is 12.7 Å². The van der Waals surface area contributed by atoms with Crippen LogP contribution in [0.15, 0.2) is 30.5 Å². The fourth-order valence-corrected chi connectivity index (χ4v) is 2.29. The summed E-state index contributed by atoms with van der Waals surface area (Å²) in [6.45, 7) is -1.18. The summed E-state index contributed by atoms with van der Waals surface area (Å²) >= 11 is 0. The van der Waals surface area contributed by atoms with E-state index in [4.69, 9.17) is 5.11 Å². The SMILES string of the molecule is Cn1cc([N+](=O)[O-])c(C(=O)N(CC(=O)O)Cc2ccc(C(F)(F)F)cc2)n1. The summed E-state index contributed by atoms with van der Waals surface area (Å²) in [5.41, 5.74) is -1.85. The summed E-state index contributed by atoms with van der Waals surface area (Å²) in [6.07, 6.45) is -3.55. The van der Waals surface area contributed by atoms with Crippen molar-refractivity contribution in [1.82, 2.24) is 14.7 Å². The predicted octanol–water partition coefficient (Wildman–Crippen LogP) is 2.07. The minimum atomic E-state index is -4.54. The lowest BCUT2D eigenvalue weighted by atomic mass is 10.1. The number of aromatic nitrogens is 2. The number of nitrogens with zero attached hydrogens (tertiary/aromatic N) is 4. The molecule has 0 saturated carbocycles. The molecule has 1 aromatic carbocycles. The van der Waals surface area contributed by atoms with E-state index in [1.54, 1.807) is 0 Å². The maximum absolute atomic E-state index is 12.6. The lowest BCUT2D eigenvalue weighted by molar-refractivity contribution is -0.385. The number of carbonyl (C=O) groups excluding carboxylic acids is 1. The van der Waals surface area contributed by atoms with E-state index in [1.165, 1.54) is 7.05 Å². The molecule has 9 nitrogen and oxygen atoms in total. The van der Waals surface area contributed by atoms with E-state index in [0.29, 0.717) is 0 Å². The lowest BCUT2D eigenvalue weighted by Crippen LogP contribution is -2.35. The molecule has 0 saturated heterocycles. The molecule has 12 heteroatoms. The molecular formula is C15H13F3N4O5. The van der Waals surface area contributed by atoms with Gasteiger partial charge in [-0.3, -0.25) is 24.4 Å². The zero-order chi connectivity index (χ0) is 20.4. The number of alkyl halides is 3. The number of hydrogen-bond acceptors (Lipinski definition) is 5. The standard InChI is InChI=1S/C15H13F3N4O5/c1-20-7-11(22(26)27)13(19-20)14(25)21(8-12(23)24)6-9-2-4-10(5-3-9)15(16,17)18/h2-5,7H,6,8H2,1H3,(H,23,24). The van der Waals surface area contributed by atoms with Gasteiger partial charge in [0.05, 0.1) is 10.5 Å². The first-order valence-electron chi connectivity index (χ1n) is 7.34. The quantitative estimate of drug-likeness (QED) is 0.600. The van der Waals surface area contributed by atoms with Crippen molar-refractivity contribution in [3.8, 4) is 0 Å². The Morgan fingerprint density at radius 3 is 2.37 bits per heavy atom. The number of rotatable bonds is 6. The number of hydrogen-bond donors (Lipinski definition) is 1. The fourth-order valence-electron chi connectivity index (χ4n) is 2.29. The highest BCUT2D eigenvalue weighted by atomic mass is 19.4.